The van der Waals surface area contributed by atoms with Crippen LogP contribution in [0.2, 0.25) is 0 Å². The topological polar surface area (TPSA) is 86.7 Å². The minimum Gasteiger partial charge on any atom is -0.258 e. The highest BCUT2D eigenvalue weighted by Crippen LogP contribution is 2.36. The van der Waals surface area contributed by atoms with Crippen molar-refractivity contribution in [2.75, 3.05) is 0 Å². The summed E-state index contributed by atoms with van der Waals surface area (Å²) in [5.74, 6) is -0.187. The molecule has 0 radical (unpaired) electrons. The van der Waals surface area contributed by atoms with Crippen molar-refractivity contribution in [3.63, 3.8) is 0 Å². The number of rotatable bonds is 5. The number of hydrogen-bond acceptors (Lipinski definition) is 6. The van der Waals surface area contributed by atoms with E-state index in [9.17, 15) is 23.3 Å². The third kappa shape index (κ3) is 4.45. The molecule has 0 aliphatic rings. The Morgan fingerprint density at radius 1 is 1.19 bits per heavy atom. The Balaban J connectivity index is 1.89. The monoisotopic (exact) mass is 459 g/mol. The lowest BCUT2D eigenvalue weighted by Gasteiger charge is -2.12. The van der Waals surface area contributed by atoms with E-state index in [1.54, 1.807) is 24.3 Å². The Labute approximate surface area is 162 Å². The number of aromatic nitrogens is 4. The number of alkyl halides is 3. The lowest BCUT2D eigenvalue weighted by molar-refractivity contribution is -0.385. The minimum atomic E-state index is -4.62. The molecule has 27 heavy (non-hydrogen) atoms. The van der Waals surface area contributed by atoms with Gasteiger partial charge in [-0.3, -0.25) is 10.1 Å². The van der Waals surface area contributed by atoms with Gasteiger partial charge in [0, 0.05) is 22.4 Å². The number of nitrogens with zero attached hydrogens (tertiary/aromatic N) is 5. The van der Waals surface area contributed by atoms with Gasteiger partial charge in [-0.05, 0) is 46.3 Å². The molecule has 0 unspecified atom stereocenters. The van der Waals surface area contributed by atoms with Crippen LogP contribution in [0.3, 0.4) is 0 Å². The van der Waals surface area contributed by atoms with Crippen LogP contribution >= 0.6 is 27.7 Å². The number of thioether (sulfide) groups is 1. The van der Waals surface area contributed by atoms with Gasteiger partial charge in [-0.2, -0.15) is 17.9 Å². The average Bonchev–Trinajstić information content (AvgIpc) is 3.08. The fourth-order valence-corrected chi connectivity index (χ4v) is 3.39. The van der Waals surface area contributed by atoms with E-state index < -0.39 is 22.4 Å². The third-order valence-electron chi connectivity index (χ3n) is 3.47. The Kier molecular flexibility index (Phi) is 5.46. The van der Waals surface area contributed by atoms with Crippen molar-refractivity contribution < 1.29 is 18.1 Å². The van der Waals surface area contributed by atoms with E-state index in [1.807, 2.05) is 0 Å². The molecule has 0 saturated heterocycles. The Bertz CT molecular complexity index is 978. The molecule has 2 aromatic carbocycles. The largest absolute Gasteiger partial charge is 0.416 e. The lowest BCUT2D eigenvalue weighted by Crippen LogP contribution is -2.09. The van der Waals surface area contributed by atoms with Crippen molar-refractivity contribution in [3.8, 4) is 5.69 Å². The molecule has 0 N–H and O–H groups in total. The molecule has 0 saturated carbocycles. The van der Waals surface area contributed by atoms with E-state index in [4.69, 9.17) is 0 Å². The molecule has 0 amide bonds. The Hall–Kier alpha value is -2.47. The van der Waals surface area contributed by atoms with Crippen molar-refractivity contribution in [2.45, 2.75) is 17.1 Å². The summed E-state index contributed by atoms with van der Waals surface area (Å²) in [5.41, 5.74) is -0.929. The van der Waals surface area contributed by atoms with Gasteiger partial charge in [0.1, 0.15) is 0 Å². The van der Waals surface area contributed by atoms with Gasteiger partial charge in [0.15, 0.2) is 0 Å². The van der Waals surface area contributed by atoms with Gasteiger partial charge < -0.3 is 0 Å². The summed E-state index contributed by atoms with van der Waals surface area (Å²) in [6.45, 7) is 0. The van der Waals surface area contributed by atoms with Crippen LogP contribution in [0.15, 0.2) is 52.1 Å². The summed E-state index contributed by atoms with van der Waals surface area (Å²) < 4.78 is 41.8. The summed E-state index contributed by atoms with van der Waals surface area (Å²) >= 11 is 4.25. The summed E-state index contributed by atoms with van der Waals surface area (Å²) in [5, 5.41) is 22.4. The van der Waals surface area contributed by atoms with Crippen LogP contribution in [-0.4, -0.2) is 25.1 Å². The van der Waals surface area contributed by atoms with Crippen LogP contribution < -0.4 is 0 Å². The second-order valence-corrected chi connectivity index (χ2v) is 7.09. The van der Waals surface area contributed by atoms with E-state index in [0.29, 0.717) is 11.8 Å². The van der Waals surface area contributed by atoms with Crippen LogP contribution in [0.5, 0.6) is 0 Å². The number of nitro groups is 1. The maximum atomic E-state index is 13.2. The summed E-state index contributed by atoms with van der Waals surface area (Å²) in [7, 11) is 0. The van der Waals surface area contributed by atoms with E-state index in [-0.39, 0.29) is 16.5 Å². The minimum absolute atomic E-state index is 0.187. The fraction of sp³-hybridized carbons (Fsp3) is 0.133. The molecular weight excluding hydrogens is 451 g/mol. The first-order valence-electron chi connectivity index (χ1n) is 7.27. The molecule has 140 valence electrons. The number of benzene rings is 2. The van der Waals surface area contributed by atoms with Crippen LogP contribution in [0.4, 0.5) is 18.9 Å². The molecule has 0 aliphatic heterocycles. The quantitative estimate of drug-likeness (QED) is 0.313. The number of halogens is 4. The molecule has 0 fully saturated rings. The first-order chi connectivity index (χ1) is 12.8. The summed E-state index contributed by atoms with van der Waals surface area (Å²) in [6.07, 6.45) is -4.62. The molecule has 12 heteroatoms. The predicted molar refractivity (Wildman–Crippen MR) is 94.5 cm³/mol. The molecule has 1 heterocycles. The number of hydrogen-bond donors (Lipinski definition) is 0. The van der Waals surface area contributed by atoms with Gasteiger partial charge in [-0.25, -0.2) is 0 Å². The predicted octanol–water partition coefficient (Wildman–Crippen LogP) is 4.64. The summed E-state index contributed by atoms with van der Waals surface area (Å²) in [6, 6.07) is 9.48. The van der Waals surface area contributed by atoms with Crippen LogP contribution in [0, 0.1) is 10.1 Å². The molecule has 1 aromatic heterocycles. The average molecular weight is 460 g/mol. The molecule has 0 aliphatic carbocycles. The SMILES string of the molecule is O=[N+]([O-])c1ccc(C(F)(F)F)c(CSc2nnnn2-c2ccc(Br)cc2)c1. The van der Waals surface area contributed by atoms with Gasteiger partial charge >= 0.3 is 6.18 Å². The maximum Gasteiger partial charge on any atom is 0.416 e. The van der Waals surface area contributed by atoms with E-state index in [2.05, 4.69) is 31.5 Å². The number of nitro benzene ring substituents is 1. The highest BCUT2D eigenvalue weighted by molar-refractivity contribution is 9.10. The van der Waals surface area contributed by atoms with Crippen molar-refractivity contribution in [1.29, 1.82) is 0 Å². The van der Waals surface area contributed by atoms with E-state index in [1.165, 1.54) is 4.68 Å². The Morgan fingerprint density at radius 3 is 2.52 bits per heavy atom. The first-order valence-corrected chi connectivity index (χ1v) is 9.05. The molecule has 7 nitrogen and oxygen atoms in total. The van der Waals surface area contributed by atoms with Crippen molar-refractivity contribution in [1.82, 2.24) is 20.2 Å². The zero-order valence-corrected chi connectivity index (χ0v) is 15.6. The van der Waals surface area contributed by atoms with Gasteiger partial charge in [0.25, 0.3) is 5.69 Å². The summed E-state index contributed by atoms with van der Waals surface area (Å²) in [4.78, 5) is 10.2. The van der Waals surface area contributed by atoms with Gasteiger partial charge in [-0.1, -0.05) is 27.7 Å². The van der Waals surface area contributed by atoms with E-state index in [0.717, 1.165) is 28.4 Å². The van der Waals surface area contributed by atoms with Crippen molar-refractivity contribution >= 4 is 33.4 Å². The second-order valence-electron chi connectivity index (χ2n) is 5.23. The number of tetrazole rings is 1. The van der Waals surface area contributed by atoms with Crippen molar-refractivity contribution in [3.05, 3.63) is 68.2 Å². The maximum absolute atomic E-state index is 13.2. The fourth-order valence-electron chi connectivity index (χ4n) is 2.25. The van der Waals surface area contributed by atoms with Gasteiger partial charge in [-0.15, -0.1) is 5.10 Å². The number of non-ortho nitro benzene ring substituents is 1. The molecule has 0 spiro atoms. The smallest absolute Gasteiger partial charge is 0.258 e. The first kappa shape index (κ1) is 19.3. The third-order valence-corrected chi connectivity index (χ3v) is 4.97. The molecule has 3 aromatic rings. The zero-order valence-electron chi connectivity index (χ0n) is 13.2. The van der Waals surface area contributed by atoms with E-state index >= 15 is 0 Å². The molecular formula is C15H9BrF3N5O2S. The van der Waals surface area contributed by atoms with Crippen LogP contribution in [-0.2, 0) is 11.9 Å². The van der Waals surface area contributed by atoms with Crippen molar-refractivity contribution in [2.24, 2.45) is 0 Å². The normalized spacial score (nSPS) is 11.6. The van der Waals surface area contributed by atoms with Crippen LogP contribution in [0.1, 0.15) is 11.1 Å². The highest BCUT2D eigenvalue weighted by Gasteiger charge is 2.34. The highest BCUT2D eigenvalue weighted by atomic mass is 79.9. The molecule has 0 atom stereocenters. The Morgan fingerprint density at radius 2 is 1.89 bits per heavy atom. The standard InChI is InChI=1S/C15H9BrF3N5O2S/c16-10-1-3-11(4-2-10)23-14(20-21-22-23)27-8-9-7-12(24(25)26)5-6-13(9)15(17,18)19/h1-7H,8H2. The lowest BCUT2D eigenvalue weighted by atomic mass is 10.1. The molecule has 3 rings (SSSR count). The second kappa shape index (κ2) is 7.64. The molecule has 0 bridgehead atoms. The van der Waals surface area contributed by atoms with Crippen LogP contribution in [0.25, 0.3) is 5.69 Å². The zero-order chi connectivity index (χ0) is 19.6. The van der Waals surface area contributed by atoms with Gasteiger partial charge in [0.05, 0.1) is 16.2 Å². The van der Waals surface area contributed by atoms with Gasteiger partial charge in [0.2, 0.25) is 5.16 Å².